The van der Waals surface area contributed by atoms with Crippen molar-refractivity contribution >= 4 is 10.0 Å². The summed E-state index contributed by atoms with van der Waals surface area (Å²) in [6, 6.07) is 9.57. The van der Waals surface area contributed by atoms with E-state index in [9.17, 15) is 8.42 Å². The molecule has 1 aliphatic heterocycles. The highest BCUT2D eigenvalue weighted by Gasteiger charge is 2.35. The van der Waals surface area contributed by atoms with Crippen LogP contribution in [0.2, 0.25) is 0 Å². The first-order valence-corrected chi connectivity index (χ1v) is 7.59. The fraction of sp³-hybridized carbons (Fsp3) is 0.538. The topological polar surface area (TPSA) is 37.4 Å². The maximum absolute atomic E-state index is 12.5. The molecule has 0 amide bonds. The van der Waals surface area contributed by atoms with Crippen molar-refractivity contribution in [3.05, 3.63) is 35.9 Å². The number of benzene rings is 1. The number of hydrogen-bond donors (Lipinski definition) is 0. The predicted molar refractivity (Wildman–Crippen MR) is 69.2 cm³/mol. The summed E-state index contributed by atoms with van der Waals surface area (Å²) in [6.45, 7) is 4.43. The summed E-state index contributed by atoms with van der Waals surface area (Å²) in [5, 5.41) is -0.454. The van der Waals surface area contributed by atoms with E-state index in [1.165, 1.54) is 0 Å². The van der Waals surface area contributed by atoms with E-state index in [1.807, 2.05) is 37.3 Å². The Bertz CT molecular complexity index is 469. The van der Waals surface area contributed by atoms with Crippen LogP contribution in [0.15, 0.2) is 30.3 Å². The average molecular weight is 253 g/mol. The van der Waals surface area contributed by atoms with Gasteiger partial charge in [-0.1, -0.05) is 30.3 Å². The molecule has 3 nitrogen and oxygen atoms in total. The summed E-state index contributed by atoms with van der Waals surface area (Å²) >= 11 is 0. The minimum absolute atomic E-state index is 0.145. The molecule has 1 saturated heterocycles. The molecular formula is C13H19NO2S. The molecule has 0 N–H and O–H groups in total. The Labute approximate surface area is 104 Å². The zero-order chi connectivity index (χ0) is 12.5. The molecule has 1 heterocycles. The molecule has 0 saturated carbocycles. The molecule has 0 bridgehead atoms. The van der Waals surface area contributed by atoms with Gasteiger partial charge in [0.25, 0.3) is 0 Å². The highest BCUT2D eigenvalue weighted by atomic mass is 32.2. The highest BCUT2D eigenvalue weighted by molar-refractivity contribution is 7.89. The molecule has 4 heteroatoms. The molecule has 1 fully saturated rings. The van der Waals surface area contributed by atoms with Crippen LogP contribution in [0.4, 0.5) is 0 Å². The summed E-state index contributed by atoms with van der Waals surface area (Å²) in [5.74, 6) is 0. The molecular weight excluding hydrogens is 234 g/mol. The molecule has 2 rings (SSSR count). The van der Waals surface area contributed by atoms with Crippen molar-refractivity contribution in [3.63, 3.8) is 0 Å². The Morgan fingerprint density at radius 2 is 1.94 bits per heavy atom. The van der Waals surface area contributed by atoms with E-state index in [1.54, 1.807) is 11.2 Å². The lowest BCUT2D eigenvalue weighted by Gasteiger charge is -2.25. The maximum atomic E-state index is 12.5. The average Bonchev–Trinajstić information content (AvgIpc) is 2.76. The lowest BCUT2D eigenvalue weighted by molar-refractivity contribution is 0.402. The Morgan fingerprint density at radius 1 is 1.29 bits per heavy atom. The molecule has 1 aromatic carbocycles. The van der Waals surface area contributed by atoms with Gasteiger partial charge in [-0.3, -0.25) is 0 Å². The molecule has 0 aromatic heterocycles. The standard InChI is InChI=1S/C13H19NO2S/c1-11-7-6-10-14(11)17(15,16)12(2)13-8-4-3-5-9-13/h3-5,8-9,11-12H,6-7,10H2,1-2H3. The third-order valence-corrected chi connectivity index (χ3v) is 5.90. The molecule has 1 aliphatic rings. The van der Waals surface area contributed by atoms with Crippen LogP contribution >= 0.6 is 0 Å². The Hall–Kier alpha value is -0.870. The van der Waals surface area contributed by atoms with Crippen LogP contribution < -0.4 is 0 Å². The lowest BCUT2D eigenvalue weighted by Crippen LogP contribution is -2.36. The van der Waals surface area contributed by atoms with E-state index in [0.29, 0.717) is 6.54 Å². The molecule has 1 aromatic rings. The second-order valence-electron chi connectivity index (χ2n) is 4.70. The Morgan fingerprint density at radius 3 is 2.47 bits per heavy atom. The summed E-state index contributed by atoms with van der Waals surface area (Å²) in [4.78, 5) is 0. The number of nitrogens with zero attached hydrogens (tertiary/aromatic N) is 1. The van der Waals surface area contributed by atoms with E-state index in [-0.39, 0.29) is 6.04 Å². The van der Waals surface area contributed by atoms with Crippen molar-refractivity contribution in [2.24, 2.45) is 0 Å². The molecule has 2 unspecified atom stereocenters. The molecule has 0 radical (unpaired) electrons. The minimum atomic E-state index is -3.21. The fourth-order valence-corrected chi connectivity index (χ4v) is 4.28. The van der Waals surface area contributed by atoms with Crippen molar-refractivity contribution in [2.75, 3.05) is 6.54 Å². The molecule has 94 valence electrons. The van der Waals surface area contributed by atoms with Gasteiger partial charge < -0.3 is 0 Å². The second kappa shape index (κ2) is 4.78. The number of rotatable bonds is 3. The summed E-state index contributed by atoms with van der Waals surface area (Å²) in [6.07, 6.45) is 1.95. The monoisotopic (exact) mass is 253 g/mol. The molecule has 0 aliphatic carbocycles. The Balaban J connectivity index is 2.27. The van der Waals surface area contributed by atoms with Gasteiger partial charge in [0.1, 0.15) is 0 Å². The first-order chi connectivity index (χ1) is 8.03. The quantitative estimate of drug-likeness (QED) is 0.830. The largest absolute Gasteiger partial charge is 0.221 e. The van der Waals surface area contributed by atoms with E-state index >= 15 is 0 Å². The van der Waals surface area contributed by atoms with Gasteiger partial charge in [-0.2, -0.15) is 4.31 Å². The number of hydrogen-bond acceptors (Lipinski definition) is 2. The predicted octanol–water partition coefficient (Wildman–Crippen LogP) is 2.56. The van der Waals surface area contributed by atoms with Gasteiger partial charge in [0.15, 0.2) is 0 Å². The first kappa shape index (κ1) is 12.6. The van der Waals surface area contributed by atoms with Crippen molar-refractivity contribution < 1.29 is 8.42 Å². The van der Waals surface area contributed by atoms with Crippen LogP contribution in [0.25, 0.3) is 0 Å². The van der Waals surface area contributed by atoms with Crippen molar-refractivity contribution in [1.82, 2.24) is 4.31 Å². The van der Waals surface area contributed by atoms with Crippen LogP contribution in [-0.2, 0) is 10.0 Å². The van der Waals surface area contributed by atoms with Gasteiger partial charge in [0.05, 0.1) is 5.25 Å². The van der Waals surface area contributed by atoms with Crippen molar-refractivity contribution in [3.8, 4) is 0 Å². The van der Waals surface area contributed by atoms with Gasteiger partial charge in [-0.15, -0.1) is 0 Å². The zero-order valence-corrected chi connectivity index (χ0v) is 11.2. The molecule has 2 atom stereocenters. The van der Waals surface area contributed by atoms with E-state index in [2.05, 4.69) is 0 Å². The summed E-state index contributed by atoms with van der Waals surface area (Å²) in [5.41, 5.74) is 0.867. The van der Waals surface area contributed by atoms with Gasteiger partial charge in [0, 0.05) is 12.6 Å². The third-order valence-electron chi connectivity index (χ3n) is 3.53. The summed E-state index contributed by atoms with van der Waals surface area (Å²) in [7, 11) is -3.21. The van der Waals surface area contributed by atoms with Crippen molar-refractivity contribution in [2.45, 2.75) is 38.0 Å². The minimum Gasteiger partial charge on any atom is -0.212 e. The molecule has 0 spiro atoms. The smallest absolute Gasteiger partial charge is 0.212 e. The van der Waals surface area contributed by atoms with Gasteiger partial charge >= 0.3 is 0 Å². The third kappa shape index (κ3) is 2.38. The van der Waals surface area contributed by atoms with Crippen LogP contribution in [0.3, 0.4) is 0 Å². The fourth-order valence-electron chi connectivity index (χ4n) is 2.38. The van der Waals surface area contributed by atoms with E-state index in [4.69, 9.17) is 0 Å². The number of sulfonamides is 1. The van der Waals surface area contributed by atoms with Gasteiger partial charge in [-0.05, 0) is 32.3 Å². The van der Waals surface area contributed by atoms with Crippen LogP contribution in [-0.4, -0.2) is 25.3 Å². The highest BCUT2D eigenvalue weighted by Crippen LogP contribution is 2.30. The van der Waals surface area contributed by atoms with E-state index in [0.717, 1.165) is 18.4 Å². The van der Waals surface area contributed by atoms with Crippen LogP contribution in [0.1, 0.15) is 37.5 Å². The Kier molecular flexibility index (Phi) is 3.54. The van der Waals surface area contributed by atoms with E-state index < -0.39 is 15.3 Å². The molecule has 17 heavy (non-hydrogen) atoms. The van der Waals surface area contributed by atoms with Crippen LogP contribution in [0, 0.1) is 0 Å². The maximum Gasteiger partial charge on any atom is 0.221 e. The SMILES string of the molecule is CC1CCCN1S(=O)(=O)C(C)c1ccccc1. The first-order valence-electron chi connectivity index (χ1n) is 6.09. The lowest BCUT2D eigenvalue weighted by atomic mass is 10.2. The van der Waals surface area contributed by atoms with Gasteiger partial charge in [-0.25, -0.2) is 8.42 Å². The van der Waals surface area contributed by atoms with Crippen molar-refractivity contribution in [1.29, 1.82) is 0 Å². The zero-order valence-electron chi connectivity index (χ0n) is 10.3. The summed E-state index contributed by atoms with van der Waals surface area (Å²) < 4.78 is 26.6. The van der Waals surface area contributed by atoms with Crippen LogP contribution in [0.5, 0.6) is 0 Å². The van der Waals surface area contributed by atoms with Gasteiger partial charge in [0.2, 0.25) is 10.0 Å². The normalized spacial score (nSPS) is 23.8. The second-order valence-corrected chi connectivity index (χ2v) is 6.91.